The van der Waals surface area contributed by atoms with Crippen molar-refractivity contribution in [1.82, 2.24) is 9.97 Å². The molecule has 1 aromatic heterocycles. The summed E-state index contributed by atoms with van der Waals surface area (Å²) in [5.74, 6) is 2.94. The lowest BCUT2D eigenvalue weighted by Gasteiger charge is -2.25. The molecule has 21 heavy (non-hydrogen) atoms. The van der Waals surface area contributed by atoms with Gasteiger partial charge in [-0.25, -0.2) is 9.97 Å². The molecule has 2 rings (SSSR count). The Balaban J connectivity index is 2.07. The fourth-order valence-corrected chi connectivity index (χ4v) is 2.74. The molecule has 1 aliphatic carbocycles. The molecule has 1 heterocycles. The van der Waals surface area contributed by atoms with Crippen molar-refractivity contribution in [3.63, 3.8) is 0 Å². The highest BCUT2D eigenvalue weighted by Gasteiger charge is 2.20. The molecule has 0 saturated heterocycles. The summed E-state index contributed by atoms with van der Waals surface area (Å²) in [6, 6.07) is 0. The smallest absolute Gasteiger partial charge is 0.221 e. The molecule has 0 amide bonds. The lowest BCUT2D eigenvalue weighted by atomic mass is 9.85. The third-order valence-electron chi connectivity index (χ3n) is 4.10. The summed E-state index contributed by atoms with van der Waals surface area (Å²) in [5.41, 5.74) is 1.11. The summed E-state index contributed by atoms with van der Waals surface area (Å²) in [6.45, 7) is 8.14. The normalized spacial score (nSPS) is 21.3. The van der Waals surface area contributed by atoms with Gasteiger partial charge in [0.05, 0.1) is 12.2 Å². The van der Waals surface area contributed by atoms with Gasteiger partial charge in [-0.15, -0.1) is 0 Å². The minimum atomic E-state index is 0.585. The molecule has 0 radical (unpaired) electrons. The zero-order valence-corrected chi connectivity index (χ0v) is 13.4. The van der Waals surface area contributed by atoms with Crippen LogP contribution in [0.4, 0.5) is 5.82 Å². The maximum atomic E-state index is 6.06. The van der Waals surface area contributed by atoms with E-state index in [4.69, 9.17) is 4.74 Å². The summed E-state index contributed by atoms with van der Waals surface area (Å²) < 4.78 is 6.06. The van der Waals surface area contributed by atoms with Crippen LogP contribution in [0.15, 0.2) is 18.5 Å². The van der Waals surface area contributed by atoms with Gasteiger partial charge in [-0.3, -0.25) is 0 Å². The largest absolute Gasteiger partial charge is 0.477 e. The van der Waals surface area contributed by atoms with Crippen LogP contribution in [0, 0.1) is 11.8 Å². The number of ether oxygens (including phenoxy) is 1. The van der Waals surface area contributed by atoms with E-state index >= 15 is 0 Å². The van der Waals surface area contributed by atoms with E-state index in [1.54, 1.807) is 6.33 Å². The van der Waals surface area contributed by atoms with Crippen molar-refractivity contribution < 1.29 is 4.74 Å². The van der Waals surface area contributed by atoms with Gasteiger partial charge in [-0.05, 0) is 38.0 Å². The molecule has 116 valence electrons. The van der Waals surface area contributed by atoms with E-state index in [1.165, 1.54) is 0 Å². The van der Waals surface area contributed by atoms with Crippen molar-refractivity contribution in [2.45, 2.75) is 46.5 Å². The minimum absolute atomic E-state index is 0.585. The Morgan fingerprint density at radius 2 is 2.05 bits per heavy atom. The first-order chi connectivity index (χ1) is 10.3. The molecule has 1 aliphatic rings. The molecule has 0 aliphatic heterocycles. The maximum absolute atomic E-state index is 6.06. The minimum Gasteiger partial charge on any atom is -0.477 e. The van der Waals surface area contributed by atoms with Crippen LogP contribution >= 0.6 is 0 Å². The third-order valence-corrected chi connectivity index (χ3v) is 4.10. The van der Waals surface area contributed by atoms with E-state index in [9.17, 15) is 0 Å². The molecule has 1 aromatic rings. The first-order valence-electron chi connectivity index (χ1n) is 8.11. The molecule has 0 spiro atoms. The van der Waals surface area contributed by atoms with E-state index in [0.29, 0.717) is 11.8 Å². The van der Waals surface area contributed by atoms with E-state index in [2.05, 4.69) is 48.2 Å². The molecule has 2 atom stereocenters. The zero-order valence-electron chi connectivity index (χ0n) is 13.4. The Labute approximate surface area is 128 Å². The number of nitrogens with zero attached hydrogens (tertiary/aromatic N) is 2. The molecule has 4 nitrogen and oxygen atoms in total. The summed E-state index contributed by atoms with van der Waals surface area (Å²) in [4.78, 5) is 8.70. The van der Waals surface area contributed by atoms with Crippen molar-refractivity contribution in [2.75, 3.05) is 18.5 Å². The molecule has 0 fully saturated rings. The lowest BCUT2D eigenvalue weighted by molar-refractivity contribution is 0.191. The highest BCUT2D eigenvalue weighted by atomic mass is 16.5. The summed E-state index contributed by atoms with van der Waals surface area (Å²) in [6.07, 6.45) is 10.4. The quantitative estimate of drug-likeness (QED) is 0.775. The number of aromatic nitrogens is 2. The Morgan fingerprint density at radius 3 is 2.76 bits per heavy atom. The fraction of sp³-hybridized carbons (Fsp3) is 0.647. The van der Waals surface area contributed by atoms with Gasteiger partial charge < -0.3 is 10.1 Å². The van der Waals surface area contributed by atoms with Crippen molar-refractivity contribution >= 4 is 5.82 Å². The van der Waals surface area contributed by atoms with Gasteiger partial charge in [0.2, 0.25) is 5.88 Å². The van der Waals surface area contributed by atoms with Crippen LogP contribution in [-0.2, 0) is 6.42 Å². The van der Waals surface area contributed by atoms with Crippen LogP contribution in [-0.4, -0.2) is 23.1 Å². The number of nitrogens with one attached hydrogen (secondary N) is 1. The van der Waals surface area contributed by atoms with Gasteiger partial charge in [0.25, 0.3) is 0 Å². The van der Waals surface area contributed by atoms with Gasteiger partial charge >= 0.3 is 0 Å². The summed E-state index contributed by atoms with van der Waals surface area (Å²) in [7, 11) is 0. The average molecular weight is 289 g/mol. The number of allylic oxidation sites excluding steroid dienone is 2. The Bertz CT molecular complexity index is 473. The molecule has 0 saturated carbocycles. The number of hydrogen-bond acceptors (Lipinski definition) is 4. The number of hydrogen-bond donors (Lipinski definition) is 1. The van der Waals surface area contributed by atoms with E-state index in [0.717, 1.165) is 56.1 Å². The second-order valence-corrected chi connectivity index (χ2v) is 5.78. The van der Waals surface area contributed by atoms with Gasteiger partial charge in [0.1, 0.15) is 12.1 Å². The fourth-order valence-electron chi connectivity index (χ4n) is 2.74. The van der Waals surface area contributed by atoms with Crippen LogP contribution in [0.2, 0.25) is 0 Å². The highest BCUT2D eigenvalue weighted by Crippen LogP contribution is 2.28. The Kier molecular flexibility index (Phi) is 6.03. The monoisotopic (exact) mass is 289 g/mol. The molecule has 0 bridgehead atoms. The predicted octanol–water partition coefficient (Wildman–Crippen LogP) is 3.84. The number of anilines is 1. The Hall–Kier alpha value is -1.58. The van der Waals surface area contributed by atoms with Crippen molar-refractivity contribution in [3.8, 4) is 5.88 Å². The lowest BCUT2D eigenvalue weighted by Crippen LogP contribution is -2.22. The molecular weight excluding hydrogens is 262 g/mol. The van der Waals surface area contributed by atoms with E-state index in [1.807, 2.05) is 0 Å². The molecule has 1 N–H and O–H groups in total. The SMILES string of the molecule is CCCc1c(NCC)ncnc1OCC1CC=CCC1C. The second kappa shape index (κ2) is 8.01. The van der Waals surface area contributed by atoms with Crippen molar-refractivity contribution in [3.05, 3.63) is 24.0 Å². The van der Waals surface area contributed by atoms with Gasteiger partial charge in [0.15, 0.2) is 0 Å². The molecular formula is C17H27N3O. The highest BCUT2D eigenvalue weighted by molar-refractivity contribution is 5.48. The Morgan fingerprint density at radius 1 is 1.24 bits per heavy atom. The third kappa shape index (κ3) is 4.19. The van der Waals surface area contributed by atoms with Crippen LogP contribution in [0.3, 0.4) is 0 Å². The molecule has 2 unspecified atom stereocenters. The first-order valence-corrected chi connectivity index (χ1v) is 8.11. The van der Waals surface area contributed by atoms with Gasteiger partial charge in [-0.1, -0.05) is 32.4 Å². The van der Waals surface area contributed by atoms with Crippen LogP contribution in [0.5, 0.6) is 5.88 Å². The van der Waals surface area contributed by atoms with Crippen molar-refractivity contribution in [1.29, 1.82) is 0 Å². The number of rotatable bonds is 7. The molecule has 0 aromatic carbocycles. The molecule has 4 heteroatoms. The van der Waals surface area contributed by atoms with Gasteiger partial charge in [-0.2, -0.15) is 0 Å². The zero-order chi connectivity index (χ0) is 15.1. The van der Waals surface area contributed by atoms with E-state index < -0.39 is 0 Å². The van der Waals surface area contributed by atoms with Crippen LogP contribution in [0.25, 0.3) is 0 Å². The summed E-state index contributed by atoms with van der Waals surface area (Å²) in [5, 5.41) is 3.31. The predicted molar refractivity (Wildman–Crippen MR) is 86.7 cm³/mol. The maximum Gasteiger partial charge on any atom is 0.221 e. The first kappa shape index (κ1) is 15.8. The average Bonchev–Trinajstić information content (AvgIpc) is 2.49. The second-order valence-electron chi connectivity index (χ2n) is 5.78. The van der Waals surface area contributed by atoms with Crippen molar-refractivity contribution in [2.24, 2.45) is 11.8 Å². The summed E-state index contributed by atoms with van der Waals surface area (Å²) >= 11 is 0. The van der Waals surface area contributed by atoms with Gasteiger partial charge in [0, 0.05) is 6.54 Å². The topological polar surface area (TPSA) is 47.0 Å². The van der Waals surface area contributed by atoms with Crippen LogP contribution in [0.1, 0.15) is 45.6 Å². The standard InChI is InChI=1S/C17H27N3O/c1-4-8-15-16(18-5-2)19-12-20-17(15)21-11-14-10-7-6-9-13(14)3/h6-7,12-14H,4-5,8-11H2,1-3H3,(H,18,19,20). The van der Waals surface area contributed by atoms with Crippen LogP contribution < -0.4 is 10.1 Å². The van der Waals surface area contributed by atoms with E-state index in [-0.39, 0.29) is 0 Å².